The predicted molar refractivity (Wildman–Crippen MR) is 197 cm³/mol. The van der Waals surface area contributed by atoms with Crippen molar-refractivity contribution in [1.29, 1.82) is 0 Å². The fourth-order valence-corrected chi connectivity index (χ4v) is 10.5. The summed E-state index contributed by atoms with van der Waals surface area (Å²) in [7, 11) is 0. The maximum atomic E-state index is 12.3. The molecule has 8 heteroatoms. The van der Waals surface area contributed by atoms with Crippen molar-refractivity contribution < 1.29 is 10.2 Å². The van der Waals surface area contributed by atoms with Crippen LogP contribution in [0.25, 0.3) is 6.08 Å². The van der Waals surface area contributed by atoms with Gasteiger partial charge < -0.3 is 10.2 Å². The molecule has 8 nitrogen and oxygen atoms in total. The Hall–Kier alpha value is -2.32. The summed E-state index contributed by atoms with van der Waals surface area (Å²) in [6, 6.07) is -0.419. The fourth-order valence-electron chi connectivity index (χ4n) is 10.5. The van der Waals surface area contributed by atoms with E-state index in [-0.39, 0.29) is 45.6 Å². The molecule has 4 aliphatic rings. The molecular weight excluding hydrogens is 608 g/mol. The van der Waals surface area contributed by atoms with Gasteiger partial charge in [-0.25, -0.2) is 0 Å². The zero-order valence-corrected chi connectivity index (χ0v) is 32.3. The third kappa shape index (κ3) is 8.11. The third-order valence-corrected chi connectivity index (χ3v) is 12.2. The third-order valence-electron chi connectivity index (χ3n) is 12.2. The number of aliphatic hydroxyl groups excluding tert-OH is 2. The maximum Gasteiger partial charge on any atom is 0.108 e. The number of aryl methyl sites for hydroxylation is 3. The maximum absolute atomic E-state index is 12.3. The van der Waals surface area contributed by atoms with E-state index >= 15 is 0 Å². The number of hydrogen-bond acceptors (Lipinski definition) is 6. The number of aliphatic hydroxyl groups is 2. The largest absolute Gasteiger partial charge is 0.391 e. The highest BCUT2D eigenvalue weighted by molar-refractivity contribution is 5.49. The van der Waals surface area contributed by atoms with Gasteiger partial charge in [-0.3, -0.25) is 0 Å². The topological polar surface area (TPSA) is 102 Å². The highest BCUT2D eigenvalue weighted by atomic mass is 16.3. The second kappa shape index (κ2) is 13.3. The minimum Gasteiger partial charge on any atom is -0.391 e. The summed E-state index contributed by atoms with van der Waals surface area (Å²) in [5, 5.41) is 44.5. The van der Waals surface area contributed by atoms with Crippen LogP contribution in [0.4, 0.5) is 0 Å². The Labute approximate surface area is 296 Å². The van der Waals surface area contributed by atoms with E-state index in [9.17, 15) is 10.2 Å². The van der Waals surface area contributed by atoms with E-state index in [1.54, 1.807) is 0 Å². The zero-order chi connectivity index (χ0) is 35.5. The molecule has 0 aliphatic heterocycles. The van der Waals surface area contributed by atoms with Crippen molar-refractivity contribution in [3.8, 4) is 0 Å². The molecule has 0 spiro atoms. The molecule has 2 aromatic rings. The molecule has 49 heavy (non-hydrogen) atoms. The van der Waals surface area contributed by atoms with Gasteiger partial charge in [0, 0.05) is 0 Å². The van der Waals surface area contributed by atoms with E-state index in [2.05, 4.69) is 87.5 Å². The van der Waals surface area contributed by atoms with Gasteiger partial charge in [-0.05, 0) is 128 Å². The number of nitrogens with zero attached hydrogens (tertiary/aromatic N) is 6. The molecule has 0 bridgehead atoms. The number of aromatic nitrogens is 6. The minimum absolute atomic E-state index is 0.0115. The molecule has 272 valence electrons. The lowest BCUT2D eigenvalue weighted by atomic mass is 9.60. The first-order chi connectivity index (χ1) is 22.8. The molecular formula is C41H66N6O2. The van der Waals surface area contributed by atoms with Crippen molar-refractivity contribution in [3.63, 3.8) is 0 Å². The Balaban J connectivity index is 1.36. The van der Waals surface area contributed by atoms with Gasteiger partial charge in [-0.15, -0.1) is 0 Å². The molecule has 0 saturated heterocycles. The average molecular weight is 675 g/mol. The predicted octanol–water partition coefficient (Wildman–Crippen LogP) is 8.50. The van der Waals surface area contributed by atoms with Gasteiger partial charge >= 0.3 is 0 Å². The summed E-state index contributed by atoms with van der Waals surface area (Å²) < 4.78 is 0. The van der Waals surface area contributed by atoms with Crippen LogP contribution in [-0.2, 0) is 19.3 Å². The quantitative estimate of drug-likeness (QED) is 0.272. The number of rotatable bonds is 8. The lowest BCUT2D eigenvalue weighted by Crippen LogP contribution is -2.45. The first kappa shape index (κ1) is 36.5. The van der Waals surface area contributed by atoms with Crippen LogP contribution in [0, 0.1) is 39.4 Å². The van der Waals surface area contributed by atoms with Crippen LogP contribution in [0.2, 0.25) is 0 Å². The zero-order valence-electron chi connectivity index (χ0n) is 32.3. The number of hydrogen-bond donors (Lipinski definition) is 2. The molecule has 6 rings (SSSR count). The second-order valence-electron chi connectivity index (χ2n) is 20.2. The van der Waals surface area contributed by atoms with E-state index in [0.717, 1.165) is 99.0 Å². The van der Waals surface area contributed by atoms with Crippen LogP contribution >= 0.6 is 0 Å². The van der Waals surface area contributed by atoms with Gasteiger partial charge in [0.25, 0.3) is 0 Å². The van der Waals surface area contributed by atoms with Crippen molar-refractivity contribution in [2.75, 3.05) is 0 Å². The van der Waals surface area contributed by atoms with Gasteiger partial charge in [-0.2, -0.15) is 30.0 Å². The van der Waals surface area contributed by atoms with Crippen molar-refractivity contribution in [3.05, 3.63) is 40.5 Å². The van der Waals surface area contributed by atoms with E-state index in [1.807, 2.05) is 9.59 Å². The molecule has 2 heterocycles. The van der Waals surface area contributed by atoms with Gasteiger partial charge in [0.2, 0.25) is 0 Å². The van der Waals surface area contributed by atoms with Gasteiger partial charge in [0.15, 0.2) is 0 Å². The Kier molecular flexibility index (Phi) is 9.93. The summed E-state index contributed by atoms with van der Waals surface area (Å²) in [6.45, 7) is 23.6. The fraction of sp³-hybridized carbons (Fsp3) is 0.805. The van der Waals surface area contributed by atoms with E-state index in [0.29, 0.717) is 12.3 Å². The van der Waals surface area contributed by atoms with Crippen LogP contribution < -0.4 is 0 Å². The minimum atomic E-state index is -0.705. The molecule has 4 aliphatic carbocycles. The van der Waals surface area contributed by atoms with Gasteiger partial charge in [-0.1, -0.05) is 81.4 Å². The van der Waals surface area contributed by atoms with Crippen LogP contribution in [0.1, 0.15) is 162 Å². The first-order valence-electron chi connectivity index (χ1n) is 19.4. The number of allylic oxidation sites excluding steroid dienone is 2. The molecule has 2 aromatic heterocycles. The summed E-state index contributed by atoms with van der Waals surface area (Å²) in [4.78, 5) is 3.74. The van der Waals surface area contributed by atoms with E-state index in [4.69, 9.17) is 20.4 Å². The van der Waals surface area contributed by atoms with Crippen LogP contribution in [0.3, 0.4) is 0 Å². The van der Waals surface area contributed by atoms with Gasteiger partial charge in [0.05, 0.1) is 35.3 Å². The SMILES string of the molecule is CC(C)(C)CC(C)(C)C1C=C(CC2CC(C(C)(C)CC(C)(C)C)CC(n3nc4c(n3)CCCC4)C2O)C(O)C(n2nc3c(n2)CCC=C3)C1. The molecule has 7 unspecified atom stereocenters. The molecule has 7 atom stereocenters. The monoisotopic (exact) mass is 675 g/mol. The van der Waals surface area contributed by atoms with Crippen LogP contribution in [-0.4, -0.2) is 52.4 Å². The lowest BCUT2D eigenvalue weighted by Gasteiger charge is -2.48. The Bertz CT molecular complexity index is 1510. The molecule has 0 aromatic carbocycles. The van der Waals surface area contributed by atoms with Crippen LogP contribution in [0.5, 0.6) is 0 Å². The summed E-state index contributed by atoms with van der Waals surface area (Å²) in [5.41, 5.74) is 5.69. The Morgan fingerprint density at radius 2 is 1.29 bits per heavy atom. The number of fused-ring (bicyclic) bond motifs is 2. The standard InChI is InChI=1S/C41H66N6O2/c1-38(2,3)24-40(7,8)28-20-26(36(48)34(22-28)46-42-30-15-11-12-16-31(30)43-46)19-27-21-29(41(9,10)25-39(4,5)6)23-35(37(27)49)47-44-32-17-13-14-18-33(32)45-47/h11,15,20,27-29,34-37,48-49H,12-14,16-19,21-25H2,1-10H3. The Morgan fingerprint density at radius 1 is 0.694 bits per heavy atom. The van der Waals surface area contributed by atoms with Crippen molar-refractivity contribution in [1.82, 2.24) is 30.0 Å². The normalized spacial score (nSPS) is 29.8. The van der Waals surface area contributed by atoms with E-state index < -0.39 is 12.2 Å². The van der Waals surface area contributed by atoms with E-state index in [1.165, 1.54) is 0 Å². The molecule has 0 amide bonds. The molecule has 1 fully saturated rings. The summed E-state index contributed by atoms with van der Waals surface area (Å²) in [6.07, 6.45) is 16.9. The second-order valence-corrected chi connectivity index (χ2v) is 20.2. The smallest absolute Gasteiger partial charge is 0.108 e. The van der Waals surface area contributed by atoms with Crippen molar-refractivity contribution in [2.45, 2.75) is 171 Å². The highest BCUT2D eigenvalue weighted by Crippen LogP contribution is 2.52. The molecule has 1 saturated carbocycles. The Morgan fingerprint density at radius 3 is 1.90 bits per heavy atom. The van der Waals surface area contributed by atoms with Crippen molar-refractivity contribution in [2.24, 2.45) is 39.4 Å². The average Bonchev–Trinajstić information content (AvgIpc) is 3.61. The highest BCUT2D eigenvalue weighted by Gasteiger charge is 2.47. The van der Waals surface area contributed by atoms with Crippen LogP contribution in [0.15, 0.2) is 17.7 Å². The molecule has 0 radical (unpaired) electrons. The molecule has 2 N–H and O–H groups in total. The summed E-state index contributed by atoms with van der Waals surface area (Å²) >= 11 is 0. The van der Waals surface area contributed by atoms with Crippen molar-refractivity contribution >= 4 is 6.08 Å². The first-order valence-corrected chi connectivity index (χ1v) is 19.4. The lowest BCUT2D eigenvalue weighted by molar-refractivity contribution is -0.0440. The summed E-state index contributed by atoms with van der Waals surface area (Å²) in [5.74, 6) is 0.626. The van der Waals surface area contributed by atoms with Gasteiger partial charge in [0.1, 0.15) is 11.7 Å².